The molecule has 0 radical (unpaired) electrons. The van der Waals surface area contributed by atoms with E-state index in [1.165, 1.54) is 25.7 Å². The number of ether oxygens (including phenoxy) is 1. The molecule has 1 aromatic heterocycles. The van der Waals surface area contributed by atoms with Crippen molar-refractivity contribution in [3.05, 3.63) is 24.1 Å². The van der Waals surface area contributed by atoms with Gasteiger partial charge in [-0.05, 0) is 25.0 Å². The molecule has 2 N–H and O–H groups in total. The van der Waals surface area contributed by atoms with Crippen LogP contribution in [0.3, 0.4) is 0 Å². The second-order valence-corrected chi connectivity index (χ2v) is 5.23. The van der Waals surface area contributed by atoms with Gasteiger partial charge in [-0.1, -0.05) is 31.7 Å². The molecule has 4 heteroatoms. The molecule has 0 spiro atoms. The second kappa shape index (κ2) is 5.61. The molecule has 19 heavy (non-hydrogen) atoms. The fourth-order valence-corrected chi connectivity index (χ4v) is 2.68. The van der Waals surface area contributed by atoms with E-state index in [-0.39, 0.29) is 0 Å². The van der Waals surface area contributed by atoms with Gasteiger partial charge in [-0.15, -0.1) is 0 Å². The molecule has 1 aliphatic carbocycles. The van der Waals surface area contributed by atoms with Gasteiger partial charge < -0.3 is 14.9 Å². The molecule has 0 bridgehead atoms. The van der Waals surface area contributed by atoms with E-state index in [0.29, 0.717) is 24.3 Å². The van der Waals surface area contributed by atoms with E-state index in [2.05, 4.69) is 4.98 Å². The maximum Gasteiger partial charge on any atom is 0.221 e. The van der Waals surface area contributed by atoms with Crippen molar-refractivity contribution in [2.24, 2.45) is 0 Å². The molecule has 2 aromatic rings. The van der Waals surface area contributed by atoms with E-state index in [0.717, 1.165) is 23.9 Å². The summed E-state index contributed by atoms with van der Waals surface area (Å²) in [6, 6.07) is 5.59. The highest BCUT2D eigenvalue weighted by atomic mass is 16.5. The Morgan fingerprint density at radius 2 is 2.00 bits per heavy atom. The zero-order valence-corrected chi connectivity index (χ0v) is 11.1. The van der Waals surface area contributed by atoms with Crippen molar-refractivity contribution in [3.63, 3.8) is 0 Å². The summed E-state index contributed by atoms with van der Waals surface area (Å²) in [4.78, 5) is 4.40. The highest BCUT2D eigenvalue weighted by Crippen LogP contribution is 2.24. The predicted molar refractivity (Wildman–Crippen MR) is 74.7 cm³/mol. The second-order valence-electron chi connectivity index (χ2n) is 5.23. The molecule has 1 fully saturated rings. The topological polar surface area (TPSA) is 61.3 Å². The summed E-state index contributed by atoms with van der Waals surface area (Å²) >= 11 is 0. The van der Waals surface area contributed by atoms with Crippen molar-refractivity contribution in [3.8, 4) is 0 Å². The molecule has 3 rings (SSSR count). The normalized spacial score (nSPS) is 17.7. The lowest BCUT2D eigenvalue weighted by atomic mass is 10.1. The number of nitrogens with two attached hydrogens (primary N) is 1. The highest BCUT2D eigenvalue weighted by molar-refractivity contribution is 5.85. The summed E-state index contributed by atoms with van der Waals surface area (Å²) in [7, 11) is 0. The molecule has 102 valence electrons. The first-order valence-corrected chi connectivity index (χ1v) is 7.08. The maximum absolute atomic E-state index is 5.92. The Morgan fingerprint density at radius 3 is 2.74 bits per heavy atom. The van der Waals surface area contributed by atoms with Gasteiger partial charge in [0.2, 0.25) is 5.89 Å². The lowest BCUT2D eigenvalue weighted by Crippen LogP contribution is -2.11. The number of oxazole rings is 1. The Hall–Kier alpha value is -1.55. The Morgan fingerprint density at radius 1 is 1.21 bits per heavy atom. The fraction of sp³-hybridized carbons (Fsp3) is 0.533. The van der Waals surface area contributed by atoms with Gasteiger partial charge in [0.25, 0.3) is 0 Å². The zero-order chi connectivity index (χ0) is 13.1. The van der Waals surface area contributed by atoms with E-state index in [1.54, 1.807) is 0 Å². The molecular weight excluding hydrogens is 240 g/mol. The van der Waals surface area contributed by atoms with Crippen LogP contribution in [0.2, 0.25) is 0 Å². The molecule has 1 heterocycles. The van der Waals surface area contributed by atoms with E-state index in [4.69, 9.17) is 14.9 Å². The van der Waals surface area contributed by atoms with Gasteiger partial charge in [0.1, 0.15) is 12.1 Å². The summed E-state index contributed by atoms with van der Waals surface area (Å²) in [6.45, 7) is 0.443. The summed E-state index contributed by atoms with van der Waals surface area (Å²) in [6.07, 6.45) is 7.87. The van der Waals surface area contributed by atoms with E-state index in [1.807, 2.05) is 18.2 Å². The van der Waals surface area contributed by atoms with Crippen LogP contribution in [0.1, 0.15) is 44.4 Å². The van der Waals surface area contributed by atoms with Gasteiger partial charge in [0.05, 0.1) is 11.8 Å². The smallest absolute Gasteiger partial charge is 0.221 e. The van der Waals surface area contributed by atoms with Crippen LogP contribution in [0.25, 0.3) is 11.1 Å². The van der Waals surface area contributed by atoms with Gasteiger partial charge in [0, 0.05) is 0 Å². The van der Waals surface area contributed by atoms with Crippen LogP contribution in [0.5, 0.6) is 0 Å². The SMILES string of the molecule is Nc1cccc2oc(COC3CCCCCC3)nc12. The largest absolute Gasteiger partial charge is 0.438 e. The van der Waals surface area contributed by atoms with E-state index >= 15 is 0 Å². The fourth-order valence-electron chi connectivity index (χ4n) is 2.68. The molecule has 0 saturated heterocycles. The zero-order valence-electron chi connectivity index (χ0n) is 11.1. The summed E-state index contributed by atoms with van der Waals surface area (Å²) in [5.41, 5.74) is 7.99. The van der Waals surface area contributed by atoms with Crippen molar-refractivity contribution in [2.45, 2.75) is 51.2 Å². The maximum atomic E-state index is 5.92. The lowest BCUT2D eigenvalue weighted by molar-refractivity contribution is 0.0203. The number of nitrogens with zero attached hydrogens (tertiary/aromatic N) is 1. The Kier molecular flexibility index (Phi) is 3.69. The summed E-state index contributed by atoms with van der Waals surface area (Å²) < 4.78 is 11.6. The van der Waals surface area contributed by atoms with E-state index < -0.39 is 0 Å². The molecular formula is C15H20N2O2. The van der Waals surface area contributed by atoms with Crippen molar-refractivity contribution < 1.29 is 9.15 Å². The van der Waals surface area contributed by atoms with Crippen LogP contribution < -0.4 is 5.73 Å². The number of anilines is 1. The highest BCUT2D eigenvalue weighted by Gasteiger charge is 2.14. The third-order valence-electron chi connectivity index (χ3n) is 3.74. The first-order valence-electron chi connectivity index (χ1n) is 7.08. The van der Waals surface area contributed by atoms with Crippen molar-refractivity contribution in [2.75, 3.05) is 5.73 Å². The Bertz CT molecular complexity index is 542. The minimum atomic E-state index is 0.356. The minimum absolute atomic E-state index is 0.356. The van der Waals surface area contributed by atoms with Crippen LogP contribution >= 0.6 is 0 Å². The Balaban J connectivity index is 1.66. The van der Waals surface area contributed by atoms with Crippen molar-refractivity contribution in [1.82, 2.24) is 4.98 Å². The summed E-state index contributed by atoms with van der Waals surface area (Å²) in [5.74, 6) is 0.622. The molecule has 0 aliphatic heterocycles. The number of hydrogen-bond donors (Lipinski definition) is 1. The number of hydrogen-bond acceptors (Lipinski definition) is 4. The van der Waals surface area contributed by atoms with E-state index in [9.17, 15) is 0 Å². The molecule has 4 nitrogen and oxygen atoms in total. The van der Waals surface area contributed by atoms with Gasteiger partial charge in [-0.2, -0.15) is 0 Å². The number of nitrogen functional groups attached to an aromatic ring is 1. The summed E-state index contributed by atoms with van der Waals surface area (Å²) in [5, 5.41) is 0. The molecule has 1 saturated carbocycles. The van der Waals surface area contributed by atoms with Crippen LogP contribution in [0.4, 0.5) is 5.69 Å². The van der Waals surface area contributed by atoms with Gasteiger partial charge >= 0.3 is 0 Å². The van der Waals surface area contributed by atoms with Gasteiger partial charge in [0.15, 0.2) is 5.58 Å². The monoisotopic (exact) mass is 260 g/mol. The van der Waals surface area contributed by atoms with Gasteiger partial charge in [-0.3, -0.25) is 0 Å². The standard InChI is InChI=1S/C15H20N2O2/c16-12-8-5-9-13-15(12)17-14(19-13)10-18-11-6-3-1-2-4-7-11/h5,8-9,11H,1-4,6-7,10,16H2. The molecule has 0 unspecified atom stereocenters. The number of fused-ring (bicyclic) bond motifs is 1. The van der Waals surface area contributed by atoms with Crippen LogP contribution in [0, 0.1) is 0 Å². The third kappa shape index (κ3) is 2.89. The quantitative estimate of drug-likeness (QED) is 0.676. The average molecular weight is 260 g/mol. The van der Waals surface area contributed by atoms with Crippen LogP contribution in [-0.2, 0) is 11.3 Å². The van der Waals surface area contributed by atoms with Crippen LogP contribution in [0.15, 0.2) is 22.6 Å². The van der Waals surface area contributed by atoms with Crippen LogP contribution in [-0.4, -0.2) is 11.1 Å². The number of aromatic nitrogens is 1. The third-order valence-corrected chi connectivity index (χ3v) is 3.74. The predicted octanol–water partition coefficient (Wildman–Crippen LogP) is 3.65. The molecule has 1 aromatic carbocycles. The Labute approximate surface area is 112 Å². The van der Waals surface area contributed by atoms with Crippen molar-refractivity contribution >= 4 is 16.8 Å². The molecule has 1 aliphatic rings. The average Bonchev–Trinajstić information content (AvgIpc) is 2.66. The minimum Gasteiger partial charge on any atom is -0.438 e. The number of rotatable bonds is 3. The lowest BCUT2D eigenvalue weighted by Gasteiger charge is -2.13. The molecule has 0 atom stereocenters. The first-order chi connectivity index (χ1) is 9.33. The molecule has 0 amide bonds. The number of benzene rings is 1. The number of para-hydroxylation sites is 1. The first kappa shape index (κ1) is 12.5. The van der Waals surface area contributed by atoms with Crippen molar-refractivity contribution in [1.29, 1.82) is 0 Å². The van der Waals surface area contributed by atoms with Gasteiger partial charge in [-0.25, -0.2) is 4.98 Å².